The Balaban J connectivity index is 3.02. The molecule has 4 nitrogen and oxygen atoms in total. The predicted octanol–water partition coefficient (Wildman–Crippen LogP) is 3.11. The van der Waals surface area contributed by atoms with Crippen LogP contribution >= 0.6 is 0 Å². The molecule has 0 fully saturated rings. The van der Waals surface area contributed by atoms with Crippen molar-refractivity contribution in [2.24, 2.45) is 0 Å². The van der Waals surface area contributed by atoms with E-state index in [1.807, 2.05) is 24.3 Å². The van der Waals surface area contributed by atoms with E-state index >= 15 is 0 Å². The zero-order chi connectivity index (χ0) is 13.8. The van der Waals surface area contributed by atoms with Crippen LogP contribution in [0, 0.1) is 22.7 Å². The molecule has 0 saturated heterocycles. The van der Waals surface area contributed by atoms with Crippen LogP contribution in [-0.4, -0.2) is 11.1 Å². The predicted molar refractivity (Wildman–Crippen MR) is 73.1 cm³/mol. The molecular weight excluding hydrogens is 224 g/mol. The summed E-state index contributed by atoms with van der Waals surface area (Å²) in [6.07, 6.45) is 0. The van der Waals surface area contributed by atoms with E-state index < -0.39 is 11.1 Å². The number of benzene rings is 1. The minimum Gasteiger partial charge on any atom is -0.366 e. The summed E-state index contributed by atoms with van der Waals surface area (Å²) < 4.78 is 0. The molecule has 0 aliphatic rings. The molecule has 0 bridgehead atoms. The highest BCUT2D eigenvalue weighted by Gasteiger charge is 2.21. The van der Waals surface area contributed by atoms with Gasteiger partial charge in [-0.2, -0.15) is 10.5 Å². The minimum atomic E-state index is -0.658. The summed E-state index contributed by atoms with van der Waals surface area (Å²) in [6, 6.07) is 11.9. The lowest BCUT2D eigenvalue weighted by atomic mass is 10.1. The summed E-state index contributed by atoms with van der Waals surface area (Å²) in [5.74, 6) is 0. The number of nitrogens with zero attached hydrogens (tertiary/aromatic N) is 2. The second-order valence-electron chi connectivity index (χ2n) is 5.27. The van der Waals surface area contributed by atoms with Crippen LogP contribution in [-0.2, 0) is 0 Å². The van der Waals surface area contributed by atoms with Gasteiger partial charge in [-0.15, -0.1) is 0 Å². The molecule has 0 saturated carbocycles. The van der Waals surface area contributed by atoms with Crippen LogP contribution in [0.3, 0.4) is 0 Å². The summed E-state index contributed by atoms with van der Waals surface area (Å²) >= 11 is 0. The standard InChI is InChI=1S/C14H18N4/c1-13(2,9-15)17-11-7-5-6-8-12(11)18-14(3,4)10-16/h5-8,17-18H,1-4H3. The first kappa shape index (κ1) is 13.9. The Labute approximate surface area is 108 Å². The smallest absolute Gasteiger partial charge is 0.119 e. The van der Waals surface area contributed by atoms with Crippen LogP contribution in [0.1, 0.15) is 27.7 Å². The van der Waals surface area contributed by atoms with E-state index in [9.17, 15) is 0 Å². The van der Waals surface area contributed by atoms with Gasteiger partial charge < -0.3 is 10.6 Å². The Bertz CT molecular complexity index is 456. The van der Waals surface area contributed by atoms with Gasteiger partial charge in [0.25, 0.3) is 0 Å². The Morgan fingerprint density at radius 3 is 1.44 bits per heavy atom. The Morgan fingerprint density at radius 1 is 0.833 bits per heavy atom. The van der Waals surface area contributed by atoms with Crippen LogP contribution in [0.5, 0.6) is 0 Å². The average molecular weight is 242 g/mol. The van der Waals surface area contributed by atoms with E-state index in [2.05, 4.69) is 22.8 Å². The van der Waals surface area contributed by atoms with Gasteiger partial charge in [0.05, 0.1) is 23.5 Å². The minimum absolute atomic E-state index is 0.658. The monoisotopic (exact) mass is 242 g/mol. The van der Waals surface area contributed by atoms with Crippen molar-refractivity contribution in [2.75, 3.05) is 10.6 Å². The zero-order valence-corrected chi connectivity index (χ0v) is 11.2. The Kier molecular flexibility index (Phi) is 3.83. The summed E-state index contributed by atoms with van der Waals surface area (Å²) in [5, 5.41) is 24.4. The maximum Gasteiger partial charge on any atom is 0.119 e. The third-order valence-corrected chi connectivity index (χ3v) is 2.38. The van der Waals surface area contributed by atoms with Gasteiger partial charge in [-0.3, -0.25) is 0 Å². The first-order chi connectivity index (χ1) is 8.29. The molecule has 0 radical (unpaired) electrons. The van der Waals surface area contributed by atoms with E-state index in [1.54, 1.807) is 27.7 Å². The largest absolute Gasteiger partial charge is 0.366 e. The van der Waals surface area contributed by atoms with Crippen LogP contribution in [0.25, 0.3) is 0 Å². The maximum absolute atomic E-state index is 9.04. The number of rotatable bonds is 4. The summed E-state index contributed by atoms with van der Waals surface area (Å²) in [4.78, 5) is 0. The lowest BCUT2D eigenvalue weighted by Crippen LogP contribution is -2.32. The third-order valence-electron chi connectivity index (χ3n) is 2.38. The fourth-order valence-corrected chi connectivity index (χ4v) is 1.43. The summed E-state index contributed by atoms with van der Waals surface area (Å²) in [6.45, 7) is 7.22. The molecular formula is C14H18N4. The molecule has 18 heavy (non-hydrogen) atoms. The van der Waals surface area contributed by atoms with Crippen molar-refractivity contribution in [3.05, 3.63) is 24.3 Å². The average Bonchev–Trinajstić information content (AvgIpc) is 2.31. The topological polar surface area (TPSA) is 71.6 Å². The first-order valence-electron chi connectivity index (χ1n) is 5.77. The molecule has 0 aliphatic carbocycles. The molecule has 4 heteroatoms. The molecule has 0 spiro atoms. The molecule has 1 rings (SSSR count). The summed E-state index contributed by atoms with van der Waals surface area (Å²) in [5.41, 5.74) is 0.308. The lowest BCUT2D eigenvalue weighted by Gasteiger charge is -2.25. The molecule has 1 aromatic carbocycles. The normalized spacial score (nSPS) is 11.2. The SMILES string of the molecule is CC(C)(C#N)Nc1ccccc1NC(C)(C)C#N. The van der Waals surface area contributed by atoms with Crippen LogP contribution in [0.15, 0.2) is 24.3 Å². The van der Waals surface area contributed by atoms with E-state index in [1.165, 1.54) is 0 Å². The van der Waals surface area contributed by atoms with Crippen molar-refractivity contribution >= 4 is 11.4 Å². The quantitative estimate of drug-likeness (QED) is 0.851. The fraction of sp³-hybridized carbons (Fsp3) is 0.429. The van der Waals surface area contributed by atoms with Crippen LogP contribution in [0.4, 0.5) is 11.4 Å². The molecule has 2 N–H and O–H groups in total. The third kappa shape index (κ3) is 3.68. The van der Waals surface area contributed by atoms with Gasteiger partial charge in [0.1, 0.15) is 11.1 Å². The van der Waals surface area contributed by atoms with Crippen LogP contribution < -0.4 is 10.6 Å². The highest BCUT2D eigenvalue weighted by molar-refractivity contribution is 5.71. The molecule has 1 aromatic rings. The number of para-hydroxylation sites is 2. The highest BCUT2D eigenvalue weighted by atomic mass is 15.0. The number of hydrogen-bond donors (Lipinski definition) is 2. The van der Waals surface area contributed by atoms with E-state index in [-0.39, 0.29) is 0 Å². The van der Waals surface area contributed by atoms with Crippen molar-refractivity contribution in [3.63, 3.8) is 0 Å². The summed E-state index contributed by atoms with van der Waals surface area (Å²) in [7, 11) is 0. The second kappa shape index (κ2) is 4.98. The van der Waals surface area contributed by atoms with Crippen molar-refractivity contribution in [3.8, 4) is 12.1 Å². The van der Waals surface area contributed by atoms with Crippen molar-refractivity contribution in [1.29, 1.82) is 10.5 Å². The first-order valence-corrected chi connectivity index (χ1v) is 5.77. The molecule has 94 valence electrons. The molecule has 0 aliphatic heterocycles. The van der Waals surface area contributed by atoms with Gasteiger partial charge in [-0.1, -0.05) is 12.1 Å². The van der Waals surface area contributed by atoms with Gasteiger partial charge in [-0.05, 0) is 39.8 Å². The number of anilines is 2. The number of hydrogen-bond acceptors (Lipinski definition) is 4. The van der Waals surface area contributed by atoms with Crippen molar-refractivity contribution in [2.45, 2.75) is 38.8 Å². The van der Waals surface area contributed by atoms with Crippen molar-refractivity contribution in [1.82, 2.24) is 0 Å². The molecule has 0 amide bonds. The van der Waals surface area contributed by atoms with E-state index in [4.69, 9.17) is 10.5 Å². The Hall–Kier alpha value is -2.20. The lowest BCUT2D eigenvalue weighted by molar-refractivity contribution is 0.717. The van der Waals surface area contributed by atoms with E-state index in [0.29, 0.717) is 0 Å². The van der Waals surface area contributed by atoms with Crippen molar-refractivity contribution < 1.29 is 0 Å². The van der Waals surface area contributed by atoms with Gasteiger partial charge in [-0.25, -0.2) is 0 Å². The number of nitriles is 2. The molecule has 0 unspecified atom stereocenters. The zero-order valence-electron chi connectivity index (χ0n) is 11.2. The van der Waals surface area contributed by atoms with Gasteiger partial charge in [0.2, 0.25) is 0 Å². The molecule has 0 atom stereocenters. The van der Waals surface area contributed by atoms with Crippen LogP contribution in [0.2, 0.25) is 0 Å². The highest BCUT2D eigenvalue weighted by Crippen LogP contribution is 2.26. The number of nitrogens with one attached hydrogen (secondary N) is 2. The van der Waals surface area contributed by atoms with E-state index in [0.717, 1.165) is 11.4 Å². The molecule has 0 heterocycles. The second-order valence-corrected chi connectivity index (χ2v) is 5.27. The van der Waals surface area contributed by atoms with Gasteiger partial charge >= 0.3 is 0 Å². The fourth-order valence-electron chi connectivity index (χ4n) is 1.43. The molecule has 0 aromatic heterocycles. The maximum atomic E-state index is 9.04. The Morgan fingerprint density at radius 2 is 1.17 bits per heavy atom. The van der Waals surface area contributed by atoms with Gasteiger partial charge in [0, 0.05) is 0 Å². The van der Waals surface area contributed by atoms with Gasteiger partial charge in [0.15, 0.2) is 0 Å².